The lowest BCUT2D eigenvalue weighted by Gasteiger charge is -2.20. The molecule has 0 radical (unpaired) electrons. The van der Waals surface area contributed by atoms with Crippen LogP contribution in [0.1, 0.15) is 0 Å². The molecule has 3 atom stereocenters. The first-order valence-electron chi connectivity index (χ1n) is 12.5. The minimum atomic E-state index is -0.512. The molecule has 1 aromatic carbocycles. The highest BCUT2D eigenvalue weighted by Crippen LogP contribution is 2.35. The van der Waals surface area contributed by atoms with Crippen molar-refractivity contribution in [1.82, 2.24) is 15.3 Å². The third-order valence-electron chi connectivity index (χ3n) is 7.05. The van der Waals surface area contributed by atoms with Gasteiger partial charge in [-0.25, -0.2) is 9.78 Å². The van der Waals surface area contributed by atoms with Gasteiger partial charge in [-0.05, 0) is 30.3 Å². The predicted octanol–water partition coefficient (Wildman–Crippen LogP) is 2.09. The fourth-order valence-electron chi connectivity index (χ4n) is 5.12. The molecule has 38 heavy (non-hydrogen) atoms. The van der Waals surface area contributed by atoms with Gasteiger partial charge in [0.1, 0.15) is 11.6 Å². The number of nitrogens with one attached hydrogen (secondary N) is 2. The molecule has 6 rings (SSSR count). The number of aliphatic hydroxyl groups excluding tert-OH is 1. The Morgan fingerprint density at radius 1 is 1.18 bits per heavy atom. The number of anilines is 3. The van der Waals surface area contributed by atoms with Crippen LogP contribution in [-0.4, -0.2) is 84.9 Å². The van der Waals surface area contributed by atoms with Crippen LogP contribution in [0.4, 0.5) is 21.9 Å². The zero-order valence-electron chi connectivity index (χ0n) is 20.8. The fraction of sp³-hybridized carbons (Fsp3) is 0.385. The average Bonchev–Trinajstić information content (AvgIpc) is 3.49. The molecule has 2 aromatic heterocycles. The van der Waals surface area contributed by atoms with Crippen LogP contribution in [0.2, 0.25) is 0 Å². The first kappa shape index (κ1) is 24.7. The van der Waals surface area contributed by atoms with E-state index < -0.39 is 12.2 Å². The molecule has 12 heteroatoms. The van der Waals surface area contributed by atoms with E-state index in [2.05, 4.69) is 25.5 Å². The monoisotopic (exact) mass is 536 g/mol. The summed E-state index contributed by atoms with van der Waals surface area (Å²) in [7, 11) is 1.58. The summed E-state index contributed by atoms with van der Waals surface area (Å²) in [5.74, 6) is 0.860. The number of ether oxygens (including phenoxy) is 2. The summed E-state index contributed by atoms with van der Waals surface area (Å²) in [4.78, 5) is 37.9. The first-order valence-corrected chi connectivity index (χ1v) is 13.5. The normalized spacial score (nSPS) is 22.9. The van der Waals surface area contributed by atoms with Gasteiger partial charge in [-0.2, -0.15) is 0 Å². The van der Waals surface area contributed by atoms with Crippen molar-refractivity contribution < 1.29 is 24.2 Å². The Balaban J connectivity index is 1.05. The van der Waals surface area contributed by atoms with Gasteiger partial charge in [0.15, 0.2) is 0 Å². The molecule has 0 unspecified atom stereocenters. The summed E-state index contributed by atoms with van der Waals surface area (Å²) in [6.45, 7) is 2.60. The highest BCUT2D eigenvalue weighted by Gasteiger charge is 2.35. The molecule has 5 heterocycles. The maximum absolute atomic E-state index is 12.6. The molecule has 2 fully saturated rings. The van der Waals surface area contributed by atoms with Crippen molar-refractivity contribution >= 4 is 51.9 Å². The molecule has 3 aliphatic heterocycles. The topological polar surface area (TPSA) is 129 Å². The van der Waals surface area contributed by atoms with Gasteiger partial charge in [-0.3, -0.25) is 14.7 Å². The van der Waals surface area contributed by atoms with Crippen molar-refractivity contribution in [2.24, 2.45) is 5.92 Å². The molecule has 3 aromatic rings. The third kappa shape index (κ3) is 4.82. The van der Waals surface area contributed by atoms with Crippen LogP contribution in [0.3, 0.4) is 0 Å². The van der Waals surface area contributed by atoms with E-state index in [0.29, 0.717) is 55.7 Å². The van der Waals surface area contributed by atoms with E-state index in [9.17, 15) is 14.7 Å². The molecule has 2 amide bonds. The van der Waals surface area contributed by atoms with Gasteiger partial charge in [-0.1, -0.05) is 0 Å². The number of methoxy groups -OCH3 is 1. The second-order valence-corrected chi connectivity index (χ2v) is 10.6. The van der Waals surface area contributed by atoms with Gasteiger partial charge < -0.3 is 30.1 Å². The predicted molar refractivity (Wildman–Crippen MR) is 144 cm³/mol. The number of benzene rings is 1. The summed E-state index contributed by atoms with van der Waals surface area (Å²) >= 11 is 1.48. The van der Waals surface area contributed by atoms with Crippen LogP contribution in [0, 0.1) is 5.92 Å². The van der Waals surface area contributed by atoms with Gasteiger partial charge in [0.25, 0.3) is 0 Å². The quantitative estimate of drug-likeness (QED) is 0.413. The van der Waals surface area contributed by atoms with Crippen molar-refractivity contribution in [3.8, 4) is 5.88 Å². The molecule has 0 bridgehead atoms. The zero-order chi connectivity index (χ0) is 26.2. The number of carbonyl (C=O) groups excluding carboxylic acids is 2. The van der Waals surface area contributed by atoms with Crippen LogP contribution in [-0.2, 0) is 9.53 Å². The first-order chi connectivity index (χ1) is 18.5. The van der Waals surface area contributed by atoms with Crippen molar-refractivity contribution in [1.29, 1.82) is 0 Å². The van der Waals surface area contributed by atoms with Crippen LogP contribution in [0.5, 0.6) is 5.88 Å². The highest BCUT2D eigenvalue weighted by atomic mass is 32.2. The van der Waals surface area contributed by atoms with E-state index in [1.54, 1.807) is 24.3 Å². The Labute approximate surface area is 223 Å². The minimum Gasteiger partial charge on any atom is -0.481 e. The summed E-state index contributed by atoms with van der Waals surface area (Å²) in [5, 5.41) is 17.0. The number of carbonyl (C=O) groups is 2. The Morgan fingerprint density at radius 2 is 2.08 bits per heavy atom. The van der Waals surface area contributed by atoms with Gasteiger partial charge in [-0.15, -0.1) is 11.8 Å². The number of amides is 2. The third-order valence-corrected chi connectivity index (χ3v) is 8.13. The van der Waals surface area contributed by atoms with E-state index in [1.165, 1.54) is 11.8 Å². The van der Waals surface area contributed by atoms with Crippen molar-refractivity contribution in [3.63, 3.8) is 0 Å². The lowest BCUT2D eigenvalue weighted by atomic mass is 10.1. The van der Waals surface area contributed by atoms with Crippen LogP contribution >= 0.6 is 11.8 Å². The highest BCUT2D eigenvalue weighted by molar-refractivity contribution is 8.00. The smallest absolute Gasteiger partial charge is 0.414 e. The van der Waals surface area contributed by atoms with Gasteiger partial charge in [0.05, 0.1) is 42.4 Å². The maximum atomic E-state index is 12.6. The molecule has 0 saturated carbocycles. The van der Waals surface area contributed by atoms with Crippen molar-refractivity contribution in [2.75, 3.05) is 60.7 Å². The lowest BCUT2D eigenvalue weighted by Crippen LogP contribution is -2.36. The molecular formula is C26H28N6O5S. The summed E-state index contributed by atoms with van der Waals surface area (Å²) in [6, 6.07) is 11.2. The largest absolute Gasteiger partial charge is 0.481 e. The second kappa shape index (κ2) is 10.3. The number of pyridine rings is 2. The SMILES string of the molecule is COc1ccc2nccc(N3C[C@@H](CNC[C@@H]4CN(c5ccc6c(c5)NC(=O)CS6)C(=O)O4)[C@H](O)C3)c2n1. The molecule has 0 spiro atoms. The summed E-state index contributed by atoms with van der Waals surface area (Å²) in [6.07, 6.45) is 0.505. The van der Waals surface area contributed by atoms with Crippen LogP contribution < -0.4 is 25.2 Å². The molecule has 0 aliphatic carbocycles. The van der Waals surface area contributed by atoms with Gasteiger partial charge >= 0.3 is 6.09 Å². The van der Waals surface area contributed by atoms with E-state index in [-0.39, 0.29) is 17.9 Å². The number of thioether (sulfide) groups is 1. The molecule has 11 nitrogen and oxygen atoms in total. The summed E-state index contributed by atoms with van der Waals surface area (Å²) in [5.41, 5.74) is 3.83. The number of cyclic esters (lactones) is 1. The van der Waals surface area contributed by atoms with Crippen molar-refractivity contribution in [3.05, 3.63) is 42.6 Å². The van der Waals surface area contributed by atoms with E-state index in [1.807, 2.05) is 30.3 Å². The fourth-order valence-corrected chi connectivity index (χ4v) is 5.91. The lowest BCUT2D eigenvalue weighted by molar-refractivity contribution is -0.113. The second-order valence-electron chi connectivity index (χ2n) is 9.58. The van der Waals surface area contributed by atoms with Gasteiger partial charge in [0, 0.05) is 54.9 Å². The van der Waals surface area contributed by atoms with Crippen molar-refractivity contribution in [2.45, 2.75) is 17.1 Å². The standard InChI is InChI=1S/C26H28N6O5S/c1-36-24-5-3-18-25(30-24)20(6-7-28-18)31-11-15(21(33)13-31)9-27-10-17-12-32(26(35)37-17)16-2-4-22-19(8-16)29-23(34)14-38-22/h2-8,15,17,21,27,33H,9-14H2,1H3,(H,29,34)/t15-,17-,21-/m1/s1. The number of fused-ring (bicyclic) bond motifs is 2. The van der Waals surface area contributed by atoms with E-state index in [4.69, 9.17) is 9.47 Å². The number of aromatic nitrogens is 2. The molecule has 3 aliphatic rings. The number of hydrogen-bond acceptors (Lipinski definition) is 10. The molecule has 3 N–H and O–H groups in total. The number of nitrogens with zero attached hydrogens (tertiary/aromatic N) is 4. The Morgan fingerprint density at radius 3 is 2.95 bits per heavy atom. The van der Waals surface area contributed by atoms with Gasteiger partial charge in [0.2, 0.25) is 11.8 Å². The number of hydrogen-bond donors (Lipinski definition) is 3. The van der Waals surface area contributed by atoms with E-state index >= 15 is 0 Å². The zero-order valence-corrected chi connectivity index (χ0v) is 21.6. The number of aliphatic hydroxyl groups is 1. The van der Waals surface area contributed by atoms with Crippen LogP contribution in [0.25, 0.3) is 11.0 Å². The van der Waals surface area contributed by atoms with Crippen LogP contribution in [0.15, 0.2) is 47.5 Å². The Kier molecular flexibility index (Phi) is 6.68. The maximum Gasteiger partial charge on any atom is 0.414 e. The number of β-amino-alcohol motifs (C(OH)–C–C–N with tert-alkyl or cyclic N) is 1. The number of rotatable bonds is 7. The van der Waals surface area contributed by atoms with E-state index in [0.717, 1.165) is 21.6 Å². The minimum absolute atomic E-state index is 0.00112. The molecule has 2 saturated heterocycles. The molecule has 198 valence electrons. The Hall–Kier alpha value is -3.61. The Bertz CT molecular complexity index is 1390. The summed E-state index contributed by atoms with van der Waals surface area (Å²) < 4.78 is 10.9. The average molecular weight is 537 g/mol. The molecular weight excluding hydrogens is 508 g/mol.